The Labute approximate surface area is 129 Å². The first-order valence-corrected chi connectivity index (χ1v) is 7.30. The van der Waals surface area contributed by atoms with E-state index in [1.807, 2.05) is 50.0 Å². The molecule has 0 saturated heterocycles. The summed E-state index contributed by atoms with van der Waals surface area (Å²) >= 11 is 0. The summed E-state index contributed by atoms with van der Waals surface area (Å²) in [6, 6.07) is 8.07. The van der Waals surface area contributed by atoms with E-state index in [1.165, 1.54) is 0 Å². The molecule has 0 spiro atoms. The van der Waals surface area contributed by atoms with Crippen molar-refractivity contribution >= 4 is 10.9 Å². The molecule has 1 aromatic carbocycles. The molecule has 0 aliphatic rings. The molecule has 5 heteroatoms. The second kappa shape index (κ2) is 5.77. The van der Waals surface area contributed by atoms with Crippen molar-refractivity contribution in [2.75, 3.05) is 7.05 Å². The maximum atomic E-state index is 12.2. The number of aromatic nitrogens is 3. The van der Waals surface area contributed by atoms with Crippen molar-refractivity contribution in [1.82, 2.24) is 19.4 Å². The fraction of sp³-hybridized carbons (Fsp3) is 0.294. The first kappa shape index (κ1) is 14.5. The zero-order chi connectivity index (χ0) is 15.7. The van der Waals surface area contributed by atoms with E-state index in [1.54, 1.807) is 6.20 Å². The highest BCUT2D eigenvalue weighted by Gasteiger charge is 2.09. The number of nitrogens with zero attached hydrogens (tertiary/aromatic N) is 3. The molecular formula is C17H20N4O. The first-order valence-electron chi connectivity index (χ1n) is 7.30. The Morgan fingerprint density at radius 3 is 2.82 bits per heavy atom. The summed E-state index contributed by atoms with van der Waals surface area (Å²) in [5, 5.41) is 1.06. The van der Waals surface area contributed by atoms with Crippen LogP contribution in [-0.4, -0.2) is 26.5 Å². The lowest BCUT2D eigenvalue weighted by molar-refractivity contribution is 0.306. The Bertz CT molecular complexity index is 862. The second-order valence-electron chi connectivity index (χ2n) is 5.84. The molecule has 0 saturated carbocycles. The van der Waals surface area contributed by atoms with Crippen molar-refractivity contribution in [2.24, 2.45) is 7.05 Å². The maximum Gasteiger partial charge on any atom is 0.252 e. The van der Waals surface area contributed by atoms with Crippen molar-refractivity contribution in [3.63, 3.8) is 0 Å². The molecule has 5 nitrogen and oxygen atoms in total. The molecule has 0 fully saturated rings. The van der Waals surface area contributed by atoms with Crippen LogP contribution in [0.4, 0.5) is 0 Å². The molecule has 1 N–H and O–H groups in total. The monoisotopic (exact) mass is 296 g/mol. The predicted molar refractivity (Wildman–Crippen MR) is 87.7 cm³/mol. The van der Waals surface area contributed by atoms with Crippen molar-refractivity contribution in [3.05, 3.63) is 64.0 Å². The van der Waals surface area contributed by atoms with Crippen molar-refractivity contribution in [2.45, 2.75) is 20.0 Å². The summed E-state index contributed by atoms with van der Waals surface area (Å²) in [6.07, 6.45) is 3.71. The Hall–Kier alpha value is -2.40. The molecule has 0 radical (unpaired) electrons. The molecule has 0 aliphatic carbocycles. The Kier molecular flexibility index (Phi) is 3.81. The zero-order valence-electron chi connectivity index (χ0n) is 13.1. The minimum absolute atomic E-state index is 0.0233. The van der Waals surface area contributed by atoms with Gasteiger partial charge in [-0.3, -0.25) is 9.69 Å². The van der Waals surface area contributed by atoms with Crippen molar-refractivity contribution in [3.8, 4) is 0 Å². The maximum absolute atomic E-state index is 12.2. The number of nitrogens with one attached hydrogen (secondary N) is 1. The lowest BCUT2D eigenvalue weighted by Gasteiger charge is -2.16. The quantitative estimate of drug-likeness (QED) is 0.803. The van der Waals surface area contributed by atoms with E-state index in [9.17, 15) is 4.79 Å². The van der Waals surface area contributed by atoms with Crippen LogP contribution in [0.1, 0.15) is 17.0 Å². The van der Waals surface area contributed by atoms with E-state index in [0.29, 0.717) is 13.1 Å². The van der Waals surface area contributed by atoms with E-state index in [2.05, 4.69) is 20.9 Å². The van der Waals surface area contributed by atoms with Gasteiger partial charge < -0.3 is 9.55 Å². The number of hydrogen-bond donors (Lipinski definition) is 1. The standard InChI is InChI=1S/C17H20N4O/c1-12-4-5-13-9-14(17(22)19-15(13)8-12)10-20(2)11-16-18-6-7-21(16)3/h4-9H,10-11H2,1-3H3,(H,19,22). The van der Waals surface area contributed by atoms with Gasteiger partial charge in [0.2, 0.25) is 0 Å². The number of H-pyrrole nitrogens is 1. The minimum atomic E-state index is -0.0233. The smallest absolute Gasteiger partial charge is 0.252 e. The number of benzene rings is 1. The molecule has 114 valence electrons. The molecule has 22 heavy (non-hydrogen) atoms. The van der Waals surface area contributed by atoms with Crippen LogP contribution in [0.25, 0.3) is 10.9 Å². The lowest BCUT2D eigenvalue weighted by Crippen LogP contribution is -2.24. The van der Waals surface area contributed by atoms with Gasteiger partial charge in [0.25, 0.3) is 5.56 Å². The third-order valence-corrected chi connectivity index (χ3v) is 3.85. The van der Waals surface area contributed by atoms with E-state index >= 15 is 0 Å². The van der Waals surface area contributed by atoms with Crippen LogP contribution in [0.3, 0.4) is 0 Å². The van der Waals surface area contributed by atoms with Gasteiger partial charge in [0, 0.05) is 37.1 Å². The number of aromatic amines is 1. The van der Waals surface area contributed by atoms with Gasteiger partial charge in [-0.05, 0) is 37.1 Å². The summed E-state index contributed by atoms with van der Waals surface area (Å²) in [5.74, 6) is 0.982. The fourth-order valence-corrected chi connectivity index (χ4v) is 2.61. The van der Waals surface area contributed by atoms with Gasteiger partial charge in [0.1, 0.15) is 5.82 Å². The molecular weight excluding hydrogens is 276 g/mol. The third kappa shape index (κ3) is 2.94. The average molecular weight is 296 g/mol. The largest absolute Gasteiger partial charge is 0.337 e. The summed E-state index contributed by atoms with van der Waals surface area (Å²) in [4.78, 5) is 21.6. The molecule has 0 amide bonds. The molecule has 0 aliphatic heterocycles. The Balaban J connectivity index is 1.84. The van der Waals surface area contributed by atoms with Gasteiger partial charge in [0.05, 0.1) is 6.54 Å². The molecule has 2 aromatic heterocycles. The van der Waals surface area contributed by atoms with Crippen LogP contribution in [0.5, 0.6) is 0 Å². The van der Waals surface area contributed by atoms with Crippen LogP contribution in [0.15, 0.2) is 41.5 Å². The van der Waals surface area contributed by atoms with E-state index in [0.717, 1.165) is 27.9 Å². The molecule has 0 atom stereocenters. The van der Waals surface area contributed by atoms with Gasteiger partial charge in [-0.1, -0.05) is 12.1 Å². The van der Waals surface area contributed by atoms with Gasteiger partial charge in [0.15, 0.2) is 0 Å². The zero-order valence-corrected chi connectivity index (χ0v) is 13.1. The topological polar surface area (TPSA) is 53.9 Å². The fourth-order valence-electron chi connectivity index (χ4n) is 2.61. The number of aryl methyl sites for hydroxylation is 2. The molecule has 3 aromatic rings. The van der Waals surface area contributed by atoms with Gasteiger partial charge in [-0.15, -0.1) is 0 Å². The number of fused-ring (bicyclic) bond motifs is 1. The van der Waals surface area contributed by atoms with E-state index in [-0.39, 0.29) is 5.56 Å². The van der Waals surface area contributed by atoms with Crippen LogP contribution in [0.2, 0.25) is 0 Å². The predicted octanol–water partition coefficient (Wildman–Crippen LogP) is 2.20. The lowest BCUT2D eigenvalue weighted by atomic mass is 10.1. The number of pyridine rings is 1. The summed E-state index contributed by atoms with van der Waals surface area (Å²) < 4.78 is 1.99. The van der Waals surface area contributed by atoms with Gasteiger partial charge >= 0.3 is 0 Å². The SMILES string of the molecule is Cc1ccc2cc(CN(C)Cc3nccn3C)c(=O)[nH]c2c1. The van der Waals surface area contributed by atoms with Crippen LogP contribution in [-0.2, 0) is 20.1 Å². The molecule has 0 bridgehead atoms. The van der Waals surface area contributed by atoms with Crippen molar-refractivity contribution in [1.29, 1.82) is 0 Å². The van der Waals surface area contributed by atoms with Crippen LogP contribution in [0, 0.1) is 6.92 Å². The van der Waals surface area contributed by atoms with Crippen LogP contribution >= 0.6 is 0 Å². The van der Waals surface area contributed by atoms with Crippen molar-refractivity contribution < 1.29 is 0 Å². The highest BCUT2D eigenvalue weighted by Crippen LogP contribution is 2.14. The number of imidazole rings is 1. The minimum Gasteiger partial charge on any atom is -0.337 e. The Morgan fingerprint density at radius 1 is 1.27 bits per heavy atom. The van der Waals surface area contributed by atoms with Gasteiger partial charge in [-0.25, -0.2) is 4.98 Å². The number of rotatable bonds is 4. The third-order valence-electron chi connectivity index (χ3n) is 3.85. The highest BCUT2D eigenvalue weighted by molar-refractivity contribution is 5.79. The average Bonchev–Trinajstić information content (AvgIpc) is 2.85. The number of hydrogen-bond acceptors (Lipinski definition) is 3. The van der Waals surface area contributed by atoms with Crippen LogP contribution < -0.4 is 5.56 Å². The van der Waals surface area contributed by atoms with Gasteiger partial charge in [-0.2, -0.15) is 0 Å². The highest BCUT2D eigenvalue weighted by atomic mass is 16.1. The summed E-state index contributed by atoms with van der Waals surface area (Å²) in [5.41, 5.74) is 2.78. The summed E-state index contributed by atoms with van der Waals surface area (Å²) in [7, 11) is 3.97. The Morgan fingerprint density at radius 2 is 2.09 bits per heavy atom. The van der Waals surface area contributed by atoms with E-state index < -0.39 is 0 Å². The molecule has 3 rings (SSSR count). The molecule has 0 unspecified atom stereocenters. The normalized spacial score (nSPS) is 11.5. The molecule has 2 heterocycles. The first-order chi connectivity index (χ1) is 10.5. The summed E-state index contributed by atoms with van der Waals surface area (Å²) in [6.45, 7) is 3.31. The second-order valence-corrected chi connectivity index (χ2v) is 5.84. The van der Waals surface area contributed by atoms with E-state index in [4.69, 9.17) is 0 Å².